The van der Waals surface area contributed by atoms with Crippen molar-refractivity contribution in [1.29, 1.82) is 0 Å². The number of rotatable bonds is 4. The van der Waals surface area contributed by atoms with E-state index >= 15 is 0 Å². The molecule has 1 N–H and O–H groups in total. The van der Waals surface area contributed by atoms with Crippen LogP contribution in [0.15, 0.2) is 24.3 Å². The normalized spacial score (nSPS) is 25.9. The summed E-state index contributed by atoms with van der Waals surface area (Å²) in [5.41, 5.74) is 1.25. The van der Waals surface area contributed by atoms with Crippen molar-refractivity contribution in [3.05, 3.63) is 34.9 Å². The Balaban J connectivity index is 1.48. The molecule has 114 valence electrons. The summed E-state index contributed by atoms with van der Waals surface area (Å²) in [4.78, 5) is 14.2. The van der Waals surface area contributed by atoms with Crippen molar-refractivity contribution in [2.75, 3.05) is 13.1 Å². The predicted molar refractivity (Wildman–Crippen MR) is 85.2 cm³/mol. The van der Waals surface area contributed by atoms with Gasteiger partial charge >= 0.3 is 0 Å². The molecule has 21 heavy (non-hydrogen) atoms. The van der Waals surface area contributed by atoms with Crippen LogP contribution in [0.4, 0.5) is 0 Å². The Morgan fingerprint density at radius 1 is 1.29 bits per heavy atom. The van der Waals surface area contributed by atoms with Gasteiger partial charge in [-0.2, -0.15) is 0 Å². The van der Waals surface area contributed by atoms with Crippen LogP contribution >= 0.6 is 11.6 Å². The zero-order valence-electron chi connectivity index (χ0n) is 12.5. The topological polar surface area (TPSA) is 32.3 Å². The number of piperidine rings is 1. The van der Waals surface area contributed by atoms with Crippen LogP contribution in [-0.4, -0.2) is 29.9 Å². The fraction of sp³-hybridized carbons (Fsp3) is 0.588. The smallest absolute Gasteiger partial charge is 0.225 e. The summed E-state index contributed by atoms with van der Waals surface area (Å²) < 4.78 is 0. The summed E-state index contributed by atoms with van der Waals surface area (Å²) >= 11 is 5.90. The molecule has 1 aliphatic heterocycles. The highest BCUT2D eigenvalue weighted by Crippen LogP contribution is 2.32. The van der Waals surface area contributed by atoms with Crippen LogP contribution in [0.25, 0.3) is 0 Å². The van der Waals surface area contributed by atoms with E-state index in [1.807, 2.05) is 12.1 Å². The average molecular weight is 307 g/mol. The van der Waals surface area contributed by atoms with E-state index in [0.29, 0.717) is 23.8 Å². The fourth-order valence-electron chi connectivity index (χ4n) is 3.09. The molecule has 0 aromatic heterocycles. The number of nitrogens with zero attached hydrogens (tertiary/aromatic N) is 1. The molecule has 3 nitrogen and oxygen atoms in total. The molecule has 1 saturated carbocycles. The SMILES string of the molecule is C[C@@H]1CN(C(=O)C2CC2)CC[C@@H]1NCc1ccc(Cl)cc1. The van der Waals surface area contributed by atoms with Gasteiger partial charge in [0.25, 0.3) is 0 Å². The van der Waals surface area contributed by atoms with Crippen LogP contribution in [0, 0.1) is 11.8 Å². The van der Waals surface area contributed by atoms with Gasteiger partial charge in [-0.25, -0.2) is 0 Å². The van der Waals surface area contributed by atoms with Gasteiger partial charge in [-0.1, -0.05) is 30.7 Å². The number of carbonyl (C=O) groups excluding carboxylic acids is 1. The van der Waals surface area contributed by atoms with E-state index in [0.717, 1.165) is 43.9 Å². The van der Waals surface area contributed by atoms with Gasteiger partial charge in [0.15, 0.2) is 0 Å². The fourth-order valence-corrected chi connectivity index (χ4v) is 3.21. The Labute approximate surface area is 131 Å². The molecule has 1 saturated heterocycles. The Morgan fingerprint density at radius 3 is 2.62 bits per heavy atom. The number of benzene rings is 1. The molecule has 0 spiro atoms. The summed E-state index contributed by atoms with van der Waals surface area (Å²) in [5.74, 6) is 1.24. The minimum absolute atomic E-state index is 0.343. The van der Waals surface area contributed by atoms with Gasteiger partial charge in [-0.3, -0.25) is 4.79 Å². The molecule has 2 atom stereocenters. The first kappa shape index (κ1) is 14.9. The summed E-state index contributed by atoms with van der Waals surface area (Å²) in [5, 5.41) is 4.41. The van der Waals surface area contributed by atoms with E-state index in [1.54, 1.807) is 0 Å². The summed E-state index contributed by atoms with van der Waals surface area (Å²) in [6.45, 7) is 4.90. The molecule has 1 aromatic carbocycles. The average Bonchev–Trinajstić information content (AvgIpc) is 3.31. The molecule has 1 heterocycles. The van der Waals surface area contributed by atoms with Crippen molar-refractivity contribution < 1.29 is 4.79 Å². The zero-order chi connectivity index (χ0) is 14.8. The third kappa shape index (κ3) is 3.78. The van der Waals surface area contributed by atoms with E-state index in [-0.39, 0.29) is 0 Å². The monoisotopic (exact) mass is 306 g/mol. The second kappa shape index (κ2) is 6.37. The molecule has 2 fully saturated rings. The molecular formula is C17H23ClN2O. The molecule has 2 aliphatic rings. The Kier molecular flexibility index (Phi) is 4.51. The number of carbonyl (C=O) groups is 1. The molecule has 1 amide bonds. The number of hydrogen-bond donors (Lipinski definition) is 1. The summed E-state index contributed by atoms with van der Waals surface area (Å²) in [6.07, 6.45) is 3.25. The van der Waals surface area contributed by atoms with E-state index in [1.165, 1.54) is 5.56 Å². The van der Waals surface area contributed by atoms with E-state index in [9.17, 15) is 4.79 Å². The van der Waals surface area contributed by atoms with Crippen LogP contribution in [0.1, 0.15) is 31.7 Å². The third-order valence-corrected chi connectivity index (χ3v) is 4.88. The maximum Gasteiger partial charge on any atom is 0.225 e. The number of likely N-dealkylation sites (tertiary alicyclic amines) is 1. The van der Waals surface area contributed by atoms with E-state index in [2.05, 4.69) is 29.3 Å². The van der Waals surface area contributed by atoms with Gasteiger partial charge in [0, 0.05) is 36.6 Å². The van der Waals surface area contributed by atoms with Gasteiger partial charge in [-0.15, -0.1) is 0 Å². The summed E-state index contributed by atoms with van der Waals surface area (Å²) in [7, 11) is 0. The Hall–Kier alpha value is -1.06. The van der Waals surface area contributed by atoms with Gasteiger partial charge in [-0.05, 0) is 42.9 Å². The lowest BCUT2D eigenvalue weighted by Gasteiger charge is -2.37. The highest BCUT2D eigenvalue weighted by atomic mass is 35.5. The van der Waals surface area contributed by atoms with Crippen LogP contribution < -0.4 is 5.32 Å². The first-order chi connectivity index (χ1) is 10.1. The Bertz CT molecular complexity index is 498. The lowest BCUT2D eigenvalue weighted by atomic mass is 9.93. The van der Waals surface area contributed by atoms with Crippen LogP contribution in [-0.2, 0) is 11.3 Å². The molecule has 0 bridgehead atoms. The van der Waals surface area contributed by atoms with Crippen molar-refractivity contribution in [2.45, 2.75) is 38.8 Å². The third-order valence-electron chi connectivity index (χ3n) is 4.63. The number of amides is 1. The zero-order valence-corrected chi connectivity index (χ0v) is 13.3. The number of halogens is 1. The first-order valence-corrected chi connectivity index (χ1v) is 8.28. The lowest BCUT2D eigenvalue weighted by Crippen LogP contribution is -2.50. The van der Waals surface area contributed by atoms with Crippen molar-refractivity contribution >= 4 is 17.5 Å². The number of nitrogens with one attached hydrogen (secondary N) is 1. The molecule has 4 heteroatoms. The van der Waals surface area contributed by atoms with Gasteiger partial charge in [0.2, 0.25) is 5.91 Å². The van der Waals surface area contributed by atoms with Crippen molar-refractivity contribution in [1.82, 2.24) is 10.2 Å². The van der Waals surface area contributed by atoms with Gasteiger partial charge < -0.3 is 10.2 Å². The first-order valence-electron chi connectivity index (χ1n) is 7.90. The second-order valence-corrected chi connectivity index (χ2v) is 6.87. The highest BCUT2D eigenvalue weighted by molar-refractivity contribution is 6.30. The minimum atomic E-state index is 0.343. The quantitative estimate of drug-likeness (QED) is 0.927. The molecule has 0 unspecified atom stereocenters. The maximum atomic E-state index is 12.1. The minimum Gasteiger partial charge on any atom is -0.342 e. The maximum absolute atomic E-state index is 12.1. The number of hydrogen-bond acceptors (Lipinski definition) is 2. The second-order valence-electron chi connectivity index (χ2n) is 6.44. The van der Waals surface area contributed by atoms with Crippen molar-refractivity contribution in [3.8, 4) is 0 Å². The van der Waals surface area contributed by atoms with Gasteiger partial charge in [0.1, 0.15) is 0 Å². The van der Waals surface area contributed by atoms with E-state index in [4.69, 9.17) is 11.6 Å². The largest absolute Gasteiger partial charge is 0.342 e. The van der Waals surface area contributed by atoms with Crippen LogP contribution in [0.5, 0.6) is 0 Å². The molecule has 1 aromatic rings. The van der Waals surface area contributed by atoms with Crippen LogP contribution in [0.3, 0.4) is 0 Å². The van der Waals surface area contributed by atoms with E-state index < -0.39 is 0 Å². The molecule has 3 rings (SSSR count). The molecule has 1 aliphatic carbocycles. The Morgan fingerprint density at radius 2 is 2.00 bits per heavy atom. The van der Waals surface area contributed by atoms with Crippen molar-refractivity contribution in [3.63, 3.8) is 0 Å². The molecule has 0 radical (unpaired) electrons. The standard InChI is InChI=1S/C17H23ClN2O/c1-12-11-20(17(21)14-4-5-14)9-8-16(12)19-10-13-2-6-15(18)7-3-13/h2-3,6-7,12,14,16,19H,4-5,8-11H2,1H3/t12-,16+/m1/s1. The lowest BCUT2D eigenvalue weighted by molar-refractivity contribution is -0.134. The highest BCUT2D eigenvalue weighted by Gasteiger charge is 2.36. The predicted octanol–water partition coefficient (Wildman–Crippen LogP) is 3.08. The van der Waals surface area contributed by atoms with Crippen molar-refractivity contribution in [2.24, 2.45) is 11.8 Å². The molecular weight excluding hydrogens is 284 g/mol. The van der Waals surface area contributed by atoms with Crippen LogP contribution in [0.2, 0.25) is 5.02 Å². The van der Waals surface area contributed by atoms with Gasteiger partial charge in [0.05, 0.1) is 0 Å². The summed E-state index contributed by atoms with van der Waals surface area (Å²) in [6, 6.07) is 8.47.